The predicted octanol–water partition coefficient (Wildman–Crippen LogP) is 2.96. The molecule has 0 aromatic heterocycles. The lowest BCUT2D eigenvalue weighted by atomic mass is 9.97. The number of rotatable bonds is 4. The van der Waals surface area contributed by atoms with E-state index in [-0.39, 0.29) is 11.7 Å². The standard InChI is InChI=1S/C15H18O4/c1-18-12-5-4-11(15(16)17)8-14(12)19-13-7-9-2-3-10(13)6-9/h4-5,8-10,13H,2-3,6-7H2,1H3,(H,16,17)/t9-,10+,13+/m1/s1. The van der Waals surface area contributed by atoms with Crippen LogP contribution in [0.2, 0.25) is 0 Å². The minimum atomic E-state index is -0.944. The largest absolute Gasteiger partial charge is 0.493 e. The third-order valence-corrected chi connectivity index (χ3v) is 4.36. The van der Waals surface area contributed by atoms with Gasteiger partial charge in [-0.05, 0) is 55.7 Å². The van der Waals surface area contributed by atoms with Gasteiger partial charge in [0.15, 0.2) is 11.5 Å². The van der Waals surface area contributed by atoms with Crippen molar-refractivity contribution in [3.8, 4) is 11.5 Å². The summed E-state index contributed by atoms with van der Waals surface area (Å²) in [6, 6.07) is 4.76. The van der Waals surface area contributed by atoms with E-state index in [1.54, 1.807) is 19.2 Å². The number of aromatic carboxylic acids is 1. The highest BCUT2D eigenvalue weighted by atomic mass is 16.5. The van der Waals surface area contributed by atoms with E-state index >= 15 is 0 Å². The molecule has 4 heteroatoms. The van der Waals surface area contributed by atoms with E-state index in [0.29, 0.717) is 17.4 Å². The molecule has 0 heterocycles. The summed E-state index contributed by atoms with van der Waals surface area (Å²) < 4.78 is 11.3. The van der Waals surface area contributed by atoms with Gasteiger partial charge < -0.3 is 14.6 Å². The minimum Gasteiger partial charge on any atom is -0.493 e. The van der Waals surface area contributed by atoms with E-state index in [1.807, 2.05) is 0 Å². The Morgan fingerprint density at radius 1 is 1.26 bits per heavy atom. The molecule has 1 N–H and O–H groups in total. The Kier molecular flexibility index (Phi) is 3.09. The highest BCUT2D eigenvalue weighted by molar-refractivity contribution is 5.88. The third kappa shape index (κ3) is 2.27. The van der Waals surface area contributed by atoms with Crippen molar-refractivity contribution >= 4 is 5.97 Å². The van der Waals surface area contributed by atoms with Gasteiger partial charge in [-0.1, -0.05) is 0 Å². The first-order chi connectivity index (χ1) is 9.17. The van der Waals surface area contributed by atoms with E-state index in [2.05, 4.69) is 0 Å². The molecule has 2 bridgehead atoms. The van der Waals surface area contributed by atoms with Gasteiger partial charge in [-0.3, -0.25) is 0 Å². The first-order valence-corrected chi connectivity index (χ1v) is 6.75. The molecule has 102 valence electrons. The third-order valence-electron chi connectivity index (χ3n) is 4.36. The normalized spacial score (nSPS) is 28.4. The summed E-state index contributed by atoms with van der Waals surface area (Å²) in [5.74, 6) is 1.64. The maximum absolute atomic E-state index is 11.0. The summed E-state index contributed by atoms with van der Waals surface area (Å²) in [7, 11) is 1.57. The molecule has 4 nitrogen and oxygen atoms in total. The molecule has 0 spiro atoms. The van der Waals surface area contributed by atoms with Crippen LogP contribution in [0.3, 0.4) is 0 Å². The molecular formula is C15H18O4. The molecule has 2 saturated carbocycles. The summed E-state index contributed by atoms with van der Waals surface area (Å²) in [6.45, 7) is 0. The van der Waals surface area contributed by atoms with Gasteiger partial charge in [0.05, 0.1) is 12.7 Å². The van der Waals surface area contributed by atoms with Gasteiger partial charge in [-0.15, -0.1) is 0 Å². The molecule has 0 unspecified atom stereocenters. The molecule has 0 amide bonds. The molecule has 3 rings (SSSR count). The quantitative estimate of drug-likeness (QED) is 0.906. The number of benzene rings is 1. The van der Waals surface area contributed by atoms with E-state index in [0.717, 1.165) is 12.3 Å². The number of carboxylic acid groups (broad SMARTS) is 1. The van der Waals surface area contributed by atoms with Crippen molar-refractivity contribution in [2.45, 2.75) is 31.8 Å². The maximum atomic E-state index is 11.0. The molecule has 0 saturated heterocycles. The maximum Gasteiger partial charge on any atom is 0.335 e. The lowest BCUT2D eigenvalue weighted by molar-refractivity contribution is 0.0695. The topological polar surface area (TPSA) is 55.8 Å². The molecule has 0 radical (unpaired) electrons. The Morgan fingerprint density at radius 3 is 2.68 bits per heavy atom. The fraction of sp³-hybridized carbons (Fsp3) is 0.533. The van der Waals surface area contributed by atoms with Crippen LogP contribution in [0.15, 0.2) is 18.2 Å². The van der Waals surface area contributed by atoms with Crippen LogP contribution in [-0.2, 0) is 0 Å². The van der Waals surface area contributed by atoms with Crippen LogP contribution < -0.4 is 9.47 Å². The van der Waals surface area contributed by atoms with Crippen molar-refractivity contribution in [2.24, 2.45) is 11.8 Å². The van der Waals surface area contributed by atoms with Crippen LogP contribution in [0, 0.1) is 11.8 Å². The Balaban J connectivity index is 1.82. The van der Waals surface area contributed by atoms with Crippen LogP contribution in [0.1, 0.15) is 36.0 Å². The SMILES string of the molecule is COc1ccc(C(=O)O)cc1O[C@H]1C[C@@H]2CC[C@H]1C2. The zero-order chi connectivity index (χ0) is 13.4. The number of carboxylic acids is 1. The average molecular weight is 262 g/mol. The monoisotopic (exact) mass is 262 g/mol. The lowest BCUT2D eigenvalue weighted by Crippen LogP contribution is -2.23. The smallest absolute Gasteiger partial charge is 0.335 e. The Labute approximate surface area is 112 Å². The number of ether oxygens (including phenoxy) is 2. The summed E-state index contributed by atoms with van der Waals surface area (Å²) in [5, 5.41) is 9.04. The molecule has 19 heavy (non-hydrogen) atoms. The van der Waals surface area contributed by atoms with Gasteiger partial charge in [0, 0.05) is 0 Å². The second kappa shape index (κ2) is 4.76. The van der Waals surface area contributed by atoms with Crippen molar-refractivity contribution in [1.29, 1.82) is 0 Å². The molecule has 0 aliphatic heterocycles. The average Bonchev–Trinajstić information content (AvgIpc) is 3.01. The van der Waals surface area contributed by atoms with E-state index in [1.165, 1.54) is 25.3 Å². The highest BCUT2D eigenvalue weighted by Gasteiger charge is 2.41. The number of hydrogen-bond donors (Lipinski definition) is 1. The van der Waals surface area contributed by atoms with Crippen LogP contribution in [-0.4, -0.2) is 24.3 Å². The first kappa shape index (κ1) is 12.3. The van der Waals surface area contributed by atoms with Gasteiger partial charge >= 0.3 is 5.97 Å². The number of methoxy groups -OCH3 is 1. The zero-order valence-electron chi connectivity index (χ0n) is 11.0. The Hall–Kier alpha value is -1.71. The molecule has 2 aliphatic rings. The summed E-state index contributed by atoms with van der Waals surface area (Å²) in [6.07, 6.45) is 5.11. The number of carbonyl (C=O) groups is 1. The van der Waals surface area contributed by atoms with Crippen LogP contribution in [0.4, 0.5) is 0 Å². The van der Waals surface area contributed by atoms with Gasteiger partial charge in [0.2, 0.25) is 0 Å². The van der Waals surface area contributed by atoms with Gasteiger partial charge in [0.25, 0.3) is 0 Å². The van der Waals surface area contributed by atoms with E-state index < -0.39 is 5.97 Å². The van der Waals surface area contributed by atoms with Gasteiger partial charge in [-0.25, -0.2) is 4.79 Å². The minimum absolute atomic E-state index is 0.219. The predicted molar refractivity (Wildman–Crippen MR) is 69.8 cm³/mol. The lowest BCUT2D eigenvalue weighted by Gasteiger charge is -2.24. The summed E-state index contributed by atoms with van der Waals surface area (Å²) >= 11 is 0. The van der Waals surface area contributed by atoms with Crippen molar-refractivity contribution in [2.75, 3.05) is 7.11 Å². The molecule has 2 aliphatic carbocycles. The van der Waals surface area contributed by atoms with Gasteiger partial charge in [-0.2, -0.15) is 0 Å². The fourth-order valence-corrected chi connectivity index (χ4v) is 3.40. The molecule has 1 aromatic carbocycles. The van der Waals surface area contributed by atoms with Crippen molar-refractivity contribution < 1.29 is 19.4 Å². The van der Waals surface area contributed by atoms with Crippen LogP contribution in [0.5, 0.6) is 11.5 Å². The first-order valence-electron chi connectivity index (χ1n) is 6.75. The van der Waals surface area contributed by atoms with Gasteiger partial charge in [0.1, 0.15) is 6.10 Å². The fourth-order valence-electron chi connectivity index (χ4n) is 3.40. The van der Waals surface area contributed by atoms with Crippen molar-refractivity contribution in [3.05, 3.63) is 23.8 Å². The molecule has 2 fully saturated rings. The Morgan fingerprint density at radius 2 is 2.11 bits per heavy atom. The van der Waals surface area contributed by atoms with Crippen molar-refractivity contribution in [3.63, 3.8) is 0 Å². The van der Waals surface area contributed by atoms with Crippen LogP contribution >= 0.6 is 0 Å². The summed E-state index contributed by atoms with van der Waals surface area (Å²) in [5.41, 5.74) is 0.235. The molecular weight excluding hydrogens is 244 g/mol. The van der Waals surface area contributed by atoms with Crippen LogP contribution in [0.25, 0.3) is 0 Å². The number of hydrogen-bond acceptors (Lipinski definition) is 3. The second-order valence-electron chi connectivity index (χ2n) is 5.50. The summed E-state index contributed by atoms with van der Waals surface area (Å²) in [4.78, 5) is 11.0. The Bertz CT molecular complexity index is 497. The highest BCUT2D eigenvalue weighted by Crippen LogP contribution is 2.46. The molecule has 1 aromatic rings. The zero-order valence-corrected chi connectivity index (χ0v) is 11.0. The number of fused-ring (bicyclic) bond motifs is 2. The molecule has 3 atom stereocenters. The van der Waals surface area contributed by atoms with E-state index in [4.69, 9.17) is 14.6 Å². The van der Waals surface area contributed by atoms with E-state index in [9.17, 15) is 4.79 Å². The second-order valence-corrected chi connectivity index (χ2v) is 5.50. The van der Waals surface area contributed by atoms with Crippen molar-refractivity contribution in [1.82, 2.24) is 0 Å².